The van der Waals surface area contributed by atoms with E-state index in [0.717, 1.165) is 47.9 Å². The van der Waals surface area contributed by atoms with Gasteiger partial charge in [-0.05, 0) is 49.9 Å². The molecule has 0 unspecified atom stereocenters. The largest absolute Gasteiger partial charge is 0.507 e. The SMILES string of the molecule is Cc1cccc(C=N[C@H]2CCCC[C@@H]2N=Cc2cccc(C)c2O)c1O. The Labute approximate surface area is 155 Å². The Morgan fingerprint density at radius 1 is 0.769 bits per heavy atom. The van der Waals surface area contributed by atoms with E-state index in [1.165, 1.54) is 0 Å². The molecule has 4 heteroatoms. The first-order chi connectivity index (χ1) is 12.6. The number of hydrogen-bond acceptors (Lipinski definition) is 4. The summed E-state index contributed by atoms with van der Waals surface area (Å²) in [4.78, 5) is 9.46. The third-order valence-electron chi connectivity index (χ3n) is 5.04. The molecule has 4 nitrogen and oxygen atoms in total. The van der Waals surface area contributed by atoms with Crippen molar-refractivity contribution in [3.8, 4) is 11.5 Å². The lowest BCUT2D eigenvalue weighted by atomic mass is 9.91. The molecular weight excluding hydrogens is 324 g/mol. The maximum Gasteiger partial charge on any atom is 0.127 e. The summed E-state index contributed by atoms with van der Waals surface area (Å²) in [6.07, 6.45) is 7.80. The van der Waals surface area contributed by atoms with Crippen LogP contribution in [-0.4, -0.2) is 34.7 Å². The Morgan fingerprint density at radius 3 is 1.62 bits per heavy atom. The molecule has 0 aromatic heterocycles. The zero-order valence-corrected chi connectivity index (χ0v) is 15.4. The lowest BCUT2D eigenvalue weighted by Crippen LogP contribution is -2.27. The molecule has 26 heavy (non-hydrogen) atoms. The van der Waals surface area contributed by atoms with Crippen LogP contribution < -0.4 is 0 Å². The molecule has 1 fully saturated rings. The predicted molar refractivity (Wildman–Crippen MR) is 107 cm³/mol. The standard InChI is InChI=1S/C22H26N2O2/c1-15-7-5-9-17(21(15)25)13-23-19-11-3-4-12-20(19)24-14-18-10-6-8-16(2)22(18)26/h5-10,13-14,19-20,25-26H,3-4,11-12H2,1-2H3/t19-,20-/m0/s1. The Balaban J connectivity index is 1.77. The zero-order valence-electron chi connectivity index (χ0n) is 15.4. The van der Waals surface area contributed by atoms with E-state index in [9.17, 15) is 10.2 Å². The molecule has 0 radical (unpaired) electrons. The minimum atomic E-state index is 0.104. The number of phenolic OH excluding ortho intramolecular Hbond substituents is 2. The number of hydrogen-bond donors (Lipinski definition) is 2. The molecule has 3 rings (SSSR count). The first kappa shape index (κ1) is 18.2. The third kappa shape index (κ3) is 4.13. The number of nitrogens with zero attached hydrogens (tertiary/aromatic N) is 2. The second-order valence-electron chi connectivity index (χ2n) is 7.00. The minimum absolute atomic E-state index is 0.104. The smallest absolute Gasteiger partial charge is 0.127 e. The van der Waals surface area contributed by atoms with Gasteiger partial charge in [-0.15, -0.1) is 0 Å². The summed E-state index contributed by atoms with van der Waals surface area (Å²) in [6.45, 7) is 3.77. The van der Waals surface area contributed by atoms with Crippen molar-refractivity contribution in [2.75, 3.05) is 0 Å². The summed E-state index contributed by atoms with van der Waals surface area (Å²) in [6, 6.07) is 11.6. The van der Waals surface area contributed by atoms with Crippen LogP contribution in [0.4, 0.5) is 0 Å². The van der Waals surface area contributed by atoms with Crippen LogP contribution >= 0.6 is 0 Å². The molecule has 2 N–H and O–H groups in total. The van der Waals surface area contributed by atoms with Crippen molar-refractivity contribution < 1.29 is 10.2 Å². The van der Waals surface area contributed by atoms with Crippen molar-refractivity contribution in [3.05, 3.63) is 58.7 Å². The molecular formula is C22H26N2O2. The van der Waals surface area contributed by atoms with Gasteiger partial charge in [-0.25, -0.2) is 0 Å². The molecule has 1 saturated carbocycles. The highest BCUT2D eigenvalue weighted by Crippen LogP contribution is 2.26. The summed E-state index contributed by atoms with van der Waals surface area (Å²) in [5, 5.41) is 20.3. The van der Waals surface area contributed by atoms with Crippen LogP contribution in [-0.2, 0) is 0 Å². The van der Waals surface area contributed by atoms with Gasteiger partial charge >= 0.3 is 0 Å². The Kier molecular flexibility index (Phi) is 5.71. The van der Waals surface area contributed by atoms with E-state index in [4.69, 9.17) is 9.98 Å². The maximum absolute atomic E-state index is 10.2. The fourth-order valence-corrected chi connectivity index (χ4v) is 3.36. The van der Waals surface area contributed by atoms with Crippen molar-refractivity contribution >= 4 is 12.4 Å². The van der Waals surface area contributed by atoms with Crippen molar-refractivity contribution in [1.29, 1.82) is 0 Å². The molecule has 2 aromatic carbocycles. The summed E-state index contributed by atoms with van der Waals surface area (Å²) >= 11 is 0. The normalized spacial score (nSPS) is 20.8. The van der Waals surface area contributed by atoms with Crippen LogP contribution in [0.1, 0.15) is 47.9 Å². The molecule has 2 atom stereocenters. The summed E-state index contributed by atoms with van der Waals surface area (Å²) in [7, 11) is 0. The van der Waals surface area contributed by atoms with Gasteiger partial charge in [0.1, 0.15) is 11.5 Å². The van der Waals surface area contributed by atoms with E-state index >= 15 is 0 Å². The number of para-hydroxylation sites is 2. The molecule has 0 heterocycles. The van der Waals surface area contributed by atoms with Gasteiger partial charge in [-0.2, -0.15) is 0 Å². The van der Waals surface area contributed by atoms with E-state index in [1.807, 2.05) is 50.2 Å². The number of aromatic hydroxyl groups is 2. The van der Waals surface area contributed by atoms with E-state index in [2.05, 4.69) is 0 Å². The van der Waals surface area contributed by atoms with Gasteiger partial charge in [0.2, 0.25) is 0 Å². The van der Waals surface area contributed by atoms with Gasteiger partial charge in [0.05, 0.1) is 12.1 Å². The van der Waals surface area contributed by atoms with Gasteiger partial charge in [-0.3, -0.25) is 9.98 Å². The highest BCUT2D eigenvalue weighted by molar-refractivity contribution is 5.85. The quantitative estimate of drug-likeness (QED) is 0.794. The van der Waals surface area contributed by atoms with Gasteiger partial charge in [0, 0.05) is 23.6 Å². The second kappa shape index (κ2) is 8.17. The Bertz CT molecular complexity index is 757. The predicted octanol–water partition coefficient (Wildman–Crippen LogP) is 4.56. The molecule has 2 aromatic rings. The highest BCUT2D eigenvalue weighted by atomic mass is 16.3. The molecule has 1 aliphatic rings. The lowest BCUT2D eigenvalue weighted by Gasteiger charge is -2.25. The lowest BCUT2D eigenvalue weighted by molar-refractivity contribution is 0.390. The molecule has 136 valence electrons. The molecule has 1 aliphatic carbocycles. The van der Waals surface area contributed by atoms with Crippen molar-refractivity contribution in [2.45, 2.75) is 51.6 Å². The molecule has 0 bridgehead atoms. The first-order valence-corrected chi connectivity index (χ1v) is 9.20. The fraction of sp³-hybridized carbons (Fsp3) is 0.364. The van der Waals surface area contributed by atoms with Crippen molar-refractivity contribution in [1.82, 2.24) is 0 Å². The molecule has 0 aliphatic heterocycles. The third-order valence-corrected chi connectivity index (χ3v) is 5.04. The number of phenols is 2. The van der Waals surface area contributed by atoms with Gasteiger partial charge in [-0.1, -0.05) is 37.1 Å². The van der Waals surface area contributed by atoms with Crippen molar-refractivity contribution in [2.24, 2.45) is 9.98 Å². The fourth-order valence-electron chi connectivity index (χ4n) is 3.36. The van der Waals surface area contributed by atoms with Gasteiger partial charge in [0.15, 0.2) is 0 Å². The topological polar surface area (TPSA) is 65.2 Å². The average molecular weight is 350 g/mol. The van der Waals surface area contributed by atoms with Crippen LogP contribution in [0.25, 0.3) is 0 Å². The monoisotopic (exact) mass is 350 g/mol. The van der Waals surface area contributed by atoms with Crippen LogP contribution in [0.15, 0.2) is 46.4 Å². The van der Waals surface area contributed by atoms with Crippen LogP contribution in [0.5, 0.6) is 11.5 Å². The van der Waals surface area contributed by atoms with Gasteiger partial charge < -0.3 is 10.2 Å². The van der Waals surface area contributed by atoms with Crippen LogP contribution in [0.3, 0.4) is 0 Å². The van der Waals surface area contributed by atoms with Crippen LogP contribution in [0.2, 0.25) is 0 Å². The summed E-state index contributed by atoms with van der Waals surface area (Å²) in [5.41, 5.74) is 3.19. The van der Waals surface area contributed by atoms with Crippen molar-refractivity contribution in [3.63, 3.8) is 0 Å². The average Bonchev–Trinajstić information content (AvgIpc) is 2.65. The van der Waals surface area contributed by atoms with Gasteiger partial charge in [0.25, 0.3) is 0 Å². The van der Waals surface area contributed by atoms with Crippen LogP contribution in [0, 0.1) is 13.8 Å². The molecule has 0 amide bonds. The van der Waals surface area contributed by atoms with E-state index in [0.29, 0.717) is 0 Å². The number of benzene rings is 2. The molecule has 0 saturated heterocycles. The Morgan fingerprint density at radius 2 is 1.19 bits per heavy atom. The van der Waals surface area contributed by atoms with E-state index < -0.39 is 0 Å². The summed E-state index contributed by atoms with van der Waals surface area (Å²) < 4.78 is 0. The van der Waals surface area contributed by atoms with E-state index in [1.54, 1.807) is 12.4 Å². The highest BCUT2D eigenvalue weighted by Gasteiger charge is 2.23. The van der Waals surface area contributed by atoms with E-state index in [-0.39, 0.29) is 23.6 Å². The first-order valence-electron chi connectivity index (χ1n) is 9.20. The maximum atomic E-state index is 10.2. The number of aliphatic imine (C=N–C) groups is 2. The minimum Gasteiger partial charge on any atom is -0.507 e. The summed E-state index contributed by atoms with van der Waals surface area (Å²) in [5.74, 6) is 0.577. The second-order valence-corrected chi connectivity index (χ2v) is 7.00. The number of aryl methyl sites for hydroxylation is 2. The molecule has 0 spiro atoms. The number of rotatable bonds is 4. The Hall–Kier alpha value is -2.62. The zero-order chi connectivity index (χ0) is 18.5.